The van der Waals surface area contributed by atoms with E-state index in [0.717, 1.165) is 28.4 Å². The van der Waals surface area contributed by atoms with Crippen molar-refractivity contribution in [3.05, 3.63) is 26.6 Å². The van der Waals surface area contributed by atoms with Gasteiger partial charge >= 0.3 is 0 Å². The molecule has 1 amide bonds. The van der Waals surface area contributed by atoms with Gasteiger partial charge in [0.05, 0.1) is 18.5 Å². The number of hydrogen-bond donors (Lipinski definition) is 1. The van der Waals surface area contributed by atoms with Crippen molar-refractivity contribution in [2.24, 2.45) is 0 Å². The average molecular weight is 348 g/mol. The lowest BCUT2D eigenvalue weighted by Crippen LogP contribution is -2.49. The lowest BCUT2D eigenvalue weighted by Gasteiger charge is -2.34. The Morgan fingerprint density at radius 3 is 2.71 bits per heavy atom. The van der Waals surface area contributed by atoms with Gasteiger partial charge in [0.2, 0.25) is 0 Å². The molecule has 2 aromatic rings. The number of ether oxygens (including phenoxy) is 1. The number of carbonyl (C=O) groups excluding carboxylic acids is 1. The van der Waals surface area contributed by atoms with Crippen LogP contribution in [0.5, 0.6) is 0 Å². The highest BCUT2D eigenvalue weighted by Crippen LogP contribution is 2.25. The van der Waals surface area contributed by atoms with Gasteiger partial charge < -0.3 is 14.6 Å². The molecule has 0 aliphatic carbocycles. The maximum atomic E-state index is 12.3. The van der Waals surface area contributed by atoms with Gasteiger partial charge in [0.15, 0.2) is 6.10 Å². The molecule has 8 heteroatoms. The number of nitrogens with zero attached hydrogens (tertiary/aromatic N) is 3. The monoisotopic (exact) mass is 348 g/mol. The van der Waals surface area contributed by atoms with Crippen LogP contribution in [-0.2, 0) is 16.1 Å². The lowest BCUT2D eigenvalue weighted by molar-refractivity contribution is -0.134. The first-order valence-electron chi connectivity index (χ1n) is 8.14. The third-order valence-electron chi connectivity index (χ3n) is 4.75. The number of aromatic amines is 1. The van der Waals surface area contributed by atoms with Gasteiger partial charge in [-0.15, -0.1) is 11.3 Å². The van der Waals surface area contributed by atoms with Crippen molar-refractivity contribution in [3.8, 4) is 0 Å². The van der Waals surface area contributed by atoms with Crippen LogP contribution in [0.2, 0.25) is 0 Å². The third-order valence-corrected chi connectivity index (χ3v) is 5.86. The van der Waals surface area contributed by atoms with Crippen molar-refractivity contribution < 1.29 is 9.53 Å². The van der Waals surface area contributed by atoms with Crippen LogP contribution < -0.4 is 5.56 Å². The second-order valence-electron chi connectivity index (χ2n) is 6.40. The molecule has 2 aliphatic heterocycles. The summed E-state index contributed by atoms with van der Waals surface area (Å²) < 4.78 is 5.06. The largest absolute Gasteiger partial charge is 0.363 e. The summed E-state index contributed by atoms with van der Waals surface area (Å²) in [6.45, 7) is 8.09. The molecular weight excluding hydrogens is 328 g/mol. The van der Waals surface area contributed by atoms with E-state index in [4.69, 9.17) is 4.74 Å². The van der Waals surface area contributed by atoms with Gasteiger partial charge in [-0.05, 0) is 19.4 Å². The predicted molar refractivity (Wildman–Crippen MR) is 91.3 cm³/mol. The Bertz CT molecular complexity index is 847. The molecule has 7 nitrogen and oxygen atoms in total. The molecule has 0 bridgehead atoms. The van der Waals surface area contributed by atoms with Crippen molar-refractivity contribution in [2.45, 2.75) is 26.5 Å². The van der Waals surface area contributed by atoms with Crippen molar-refractivity contribution in [2.75, 3.05) is 32.8 Å². The highest BCUT2D eigenvalue weighted by molar-refractivity contribution is 7.18. The summed E-state index contributed by atoms with van der Waals surface area (Å²) >= 11 is 1.57. The van der Waals surface area contributed by atoms with E-state index in [1.54, 1.807) is 11.3 Å². The van der Waals surface area contributed by atoms with E-state index in [1.807, 2.05) is 18.7 Å². The minimum absolute atomic E-state index is 0.0588. The summed E-state index contributed by atoms with van der Waals surface area (Å²) in [4.78, 5) is 37.9. The number of hydrogen-bond acceptors (Lipinski definition) is 6. The minimum atomic E-state index is -0.206. The zero-order chi connectivity index (χ0) is 16.8. The van der Waals surface area contributed by atoms with E-state index in [-0.39, 0.29) is 17.6 Å². The molecule has 128 valence electrons. The van der Waals surface area contributed by atoms with Crippen LogP contribution in [0.15, 0.2) is 4.79 Å². The first-order chi connectivity index (χ1) is 11.5. The van der Waals surface area contributed by atoms with Gasteiger partial charge in [0.25, 0.3) is 11.5 Å². The standard InChI is InChI=1S/C16H20N4O3S/c1-9-10(2)24-15-13(9)14(21)17-12(18-15)7-19-3-5-20(6-4-19)16(22)11-8-23-11/h11H,3-8H2,1-2H3,(H,17,18,21). The molecule has 0 saturated carbocycles. The number of H-pyrrole nitrogens is 1. The predicted octanol–water partition coefficient (Wildman–Crippen LogP) is 0.644. The van der Waals surface area contributed by atoms with Gasteiger partial charge in [-0.3, -0.25) is 14.5 Å². The smallest absolute Gasteiger partial charge is 0.259 e. The average Bonchev–Trinajstić information content (AvgIpc) is 3.35. The number of aromatic nitrogens is 2. The second kappa shape index (κ2) is 5.94. The Morgan fingerprint density at radius 1 is 1.33 bits per heavy atom. The van der Waals surface area contributed by atoms with Crippen molar-refractivity contribution >= 4 is 27.5 Å². The van der Waals surface area contributed by atoms with Gasteiger partial charge in [0.1, 0.15) is 10.7 Å². The molecule has 2 fully saturated rings. The fraction of sp³-hybridized carbons (Fsp3) is 0.562. The molecule has 2 saturated heterocycles. The summed E-state index contributed by atoms with van der Waals surface area (Å²) in [5.74, 6) is 0.797. The second-order valence-corrected chi connectivity index (χ2v) is 7.60. The van der Waals surface area contributed by atoms with Crippen LogP contribution in [0.3, 0.4) is 0 Å². The topological polar surface area (TPSA) is 81.8 Å². The number of amides is 1. The van der Waals surface area contributed by atoms with E-state index in [9.17, 15) is 9.59 Å². The fourth-order valence-electron chi connectivity index (χ4n) is 3.11. The van der Waals surface area contributed by atoms with E-state index >= 15 is 0 Å². The van der Waals surface area contributed by atoms with Crippen LogP contribution in [0, 0.1) is 13.8 Å². The first-order valence-corrected chi connectivity index (χ1v) is 8.96. The molecule has 4 heterocycles. The zero-order valence-corrected chi connectivity index (χ0v) is 14.6. The molecule has 1 unspecified atom stereocenters. The Labute approximate surface area is 143 Å². The molecule has 0 radical (unpaired) electrons. The molecule has 2 aromatic heterocycles. The SMILES string of the molecule is Cc1sc2nc(CN3CCN(C(=O)C4CO4)CC3)[nH]c(=O)c2c1C. The van der Waals surface area contributed by atoms with Gasteiger partial charge in [-0.25, -0.2) is 4.98 Å². The van der Waals surface area contributed by atoms with E-state index in [2.05, 4.69) is 14.9 Å². The molecule has 4 rings (SSSR count). The Morgan fingerprint density at radius 2 is 2.04 bits per heavy atom. The Balaban J connectivity index is 1.45. The molecule has 2 aliphatic rings. The number of epoxide rings is 1. The third kappa shape index (κ3) is 2.85. The summed E-state index contributed by atoms with van der Waals surface area (Å²) in [6, 6.07) is 0. The van der Waals surface area contributed by atoms with Crippen molar-refractivity contribution in [1.82, 2.24) is 19.8 Å². The highest BCUT2D eigenvalue weighted by Gasteiger charge is 2.36. The summed E-state index contributed by atoms with van der Waals surface area (Å²) in [5.41, 5.74) is 0.960. The number of nitrogens with one attached hydrogen (secondary N) is 1. The number of fused-ring (bicyclic) bond motifs is 1. The van der Waals surface area contributed by atoms with Gasteiger partial charge in [0, 0.05) is 31.1 Å². The maximum Gasteiger partial charge on any atom is 0.259 e. The lowest BCUT2D eigenvalue weighted by atomic mass is 10.2. The molecular formula is C16H20N4O3S. The summed E-state index contributed by atoms with van der Waals surface area (Å²) in [7, 11) is 0. The molecule has 1 atom stereocenters. The molecule has 24 heavy (non-hydrogen) atoms. The summed E-state index contributed by atoms with van der Waals surface area (Å²) in [6.07, 6.45) is -0.206. The van der Waals surface area contributed by atoms with Crippen molar-refractivity contribution in [3.63, 3.8) is 0 Å². The maximum absolute atomic E-state index is 12.3. The number of rotatable bonds is 3. The van der Waals surface area contributed by atoms with Gasteiger partial charge in [-0.2, -0.15) is 0 Å². The molecule has 0 spiro atoms. The van der Waals surface area contributed by atoms with E-state index < -0.39 is 0 Å². The fourth-order valence-corrected chi connectivity index (χ4v) is 4.16. The van der Waals surface area contributed by atoms with E-state index in [1.165, 1.54) is 0 Å². The Kier molecular flexibility index (Phi) is 3.90. The van der Waals surface area contributed by atoms with Crippen LogP contribution in [0.25, 0.3) is 10.2 Å². The number of piperazine rings is 1. The first kappa shape index (κ1) is 15.7. The van der Waals surface area contributed by atoms with Crippen LogP contribution in [0.4, 0.5) is 0 Å². The highest BCUT2D eigenvalue weighted by atomic mass is 32.1. The quantitative estimate of drug-likeness (QED) is 0.824. The summed E-state index contributed by atoms with van der Waals surface area (Å²) in [5, 5.41) is 0.709. The van der Waals surface area contributed by atoms with Crippen LogP contribution >= 0.6 is 11.3 Å². The van der Waals surface area contributed by atoms with Crippen LogP contribution in [0.1, 0.15) is 16.3 Å². The van der Waals surface area contributed by atoms with Crippen LogP contribution in [-0.4, -0.2) is 64.6 Å². The number of thiophene rings is 1. The van der Waals surface area contributed by atoms with Crippen molar-refractivity contribution in [1.29, 1.82) is 0 Å². The number of carbonyl (C=O) groups is 1. The van der Waals surface area contributed by atoms with E-state index in [0.29, 0.717) is 37.5 Å². The minimum Gasteiger partial charge on any atom is -0.363 e. The number of aryl methyl sites for hydroxylation is 2. The molecule has 1 N–H and O–H groups in total. The van der Waals surface area contributed by atoms with Gasteiger partial charge in [-0.1, -0.05) is 0 Å². The molecule has 0 aromatic carbocycles. The zero-order valence-electron chi connectivity index (χ0n) is 13.8. The normalized spacial score (nSPS) is 21.4. The Hall–Kier alpha value is -1.77.